The summed E-state index contributed by atoms with van der Waals surface area (Å²) in [5, 5.41) is 22.1. The predicted octanol–water partition coefficient (Wildman–Crippen LogP) is 1.28. The van der Waals surface area contributed by atoms with Gasteiger partial charge in [0.1, 0.15) is 18.3 Å². The molecule has 3 fully saturated rings. The number of rotatable bonds is 2. The average molecular weight is 499 g/mol. The second kappa shape index (κ2) is 8.33. The van der Waals surface area contributed by atoms with Crippen LogP contribution in [0.4, 0.5) is 0 Å². The predicted molar refractivity (Wildman–Crippen MR) is 118 cm³/mol. The van der Waals surface area contributed by atoms with Crippen molar-refractivity contribution in [3.63, 3.8) is 0 Å². The number of carbonyl (C=O) groups is 3. The lowest BCUT2D eigenvalue weighted by molar-refractivity contribution is -0.220. The van der Waals surface area contributed by atoms with Crippen LogP contribution >= 0.6 is 11.6 Å². The molecule has 4 rings (SSSR count). The van der Waals surface area contributed by atoms with Gasteiger partial charge in [-0.25, -0.2) is 0 Å². The number of halogens is 1. The summed E-state index contributed by atoms with van der Waals surface area (Å²) in [7, 11) is 0. The summed E-state index contributed by atoms with van der Waals surface area (Å²) in [4.78, 5) is 37.2. The number of carbonyl (C=O) groups excluding carboxylic acids is 3. The summed E-state index contributed by atoms with van der Waals surface area (Å²) in [6.07, 6.45) is -2.35. The Morgan fingerprint density at radius 1 is 1.18 bits per heavy atom. The minimum absolute atomic E-state index is 0.310. The number of hydrogen-bond donors (Lipinski definition) is 2. The zero-order chi connectivity index (χ0) is 25.3. The molecule has 0 bridgehead atoms. The highest BCUT2D eigenvalue weighted by Crippen LogP contribution is 2.61. The number of esters is 3. The molecular formula is C24H31ClO9. The minimum Gasteiger partial charge on any atom is -0.459 e. The van der Waals surface area contributed by atoms with Crippen molar-refractivity contribution in [1.82, 2.24) is 0 Å². The Hall–Kier alpha value is -1.94. The highest BCUT2D eigenvalue weighted by molar-refractivity contribution is 6.23. The van der Waals surface area contributed by atoms with Gasteiger partial charge in [-0.1, -0.05) is 26.5 Å². The molecule has 0 radical (unpaired) electrons. The lowest BCUT2D eigenvalue weighted by atomic mass is 9.54. The first-order chi connectivity index (χ1) is 15.8. The van der Waals surface area contributed by atoms with Crippen molar-refractivity contribution in [3.05, 3.63) is 24.3 Å². The monoisotopic (exact) mass is 498 g/mol. The van der Waals surface area contributed by atoms with Gasteiger partial charge in [-0.3, -0.25) is 14.4 Å². The van der Waals surface area contributed by atoms with E-state index in [4.69, 9.17) is 30.5 Å². The third kappa shape index (κ3) is 3.51. The summed E-state index contributed by atoms with van der Waals surface area (Å²) < 4.78 is 22.9. The molecule has 2 saturated heterocycles. The van der Waals surface area contributed by atoms with Gasteiger partial charge in [0.05, 0.1) is 23.5 Å². The topological polar surface area (TPSA) is 132 Å². The molecule has 0 aromatic carbocycles. The first-order valence-corrected chi connectivity index (χ1v) is 11.8. The van der Waals surface area contributed by atoms with E-state index in [0.29, 0.717) is 5.57 Å². The van der Waals surface area contributed by atoms with E-state index in [1.807, 2.05) is 6.92 Å². The van der Waals surface area contributed by atoms with E-state index in [1.54, 1.807) is 19.1 Å². The van der Waals surface area contributed by atoms with Crippen molar-refractivity contribution in [3.8, 4) is 0 Å². The molecule has 2 N–H and O–H groups in total. The van der Waals surface area contributed by atoms with Gasteiger partial charge in [0.15, 0.2) is 11.7 Å². The SMILES string of the molecule is C=C1/C=C\[C@H](OC(C)=O)[C@]2(C)[C@H]([C@@H](C)[C@@H](O)[C@@H]3O[C@@H]32)[C@H](OC(C)=O)[C@]2(O)[C@@H](C)C(=O)O[C@H]2[C@H]1Cl. The number of allylic oxidation sites excluding steroid dienone is 1. The Balaban J connectivity index is 2.00. The van der Waals surface area contributed by atoms with Crippen LogP contribution in [-0.4, -0.2) is 75.7 Å². The molecule has 0 unspecified atom stereocenters. The molecule has 0 aromatic heterocycles. The van der Waals surface area contributed by atoms with E-state index in [-0.39, 0.29) is 0 Å². The third-order valence-corrected chi connectivity index (χ3v) is 8.64. The van der Waals surface area contributed by atoms with Crippen LogP contribution in [0, 0.1) is 23.2 Å². The van der Waals surface area contributed by atoms with E-state index in [9.17, 15) is 24.6 Å². The highest BCUT2D eigenvalue weighted by Gasteiger charge is 2.74. The molecule has 9 nitrogen and oxygen atoms in total. The Bertz CT molecular complexity index is 949. The second-order valence-electron chi connectivity index (χ2n) is 10.1. The Labute approximate surface area is 203 Å². The van der Waals surface area contributed by atoms with Gasteiger partial charge in [0.2, 0.25) is 0 Å². The number of aliphatic hydroxyl groups excluding tert-OH is 1. The van der Waals surface area contributed by atoms with Crippen LogP contribution in [-0.2, 0) is 33.3 Å². The number of aliphatic hydroxyl groups is 2. The molecule has 10 heteroatoms. The summed E-state index contributed by atoms with van der Waals surface area (Å²) in [6.45, 7) is 11.5. The van der Waals surface area contributed by atoms with Crippen molar-refractivity contribution in [2.45, 2.75) is 82.2 Å². The quantitative estimate of drug-likeness (QED) is 0.250. The molecule has 2 aliphatic heterocycles. The van der Waals surface area contributed by atoms with Gasteiger partial charge >= 0.3 is 17.9 Å². The summed E-state index contributed by atoms with van der Waals surface area (Å²) >= 11 is 6.65. The van der Waals surface area contributed by atoms with E-state index < -0.39 is 88.7 Å². The first-order valence-electron chi connectivity index (χ1n) is 11.4. The van der Waals surface area contributed by atoms with Gasteiger partial charge in [-0.05, 0) is 24.5 Å². The number of hydrogen-bond acceptors (Lipinski definition) is 9. The second-order valence-corrected chi connectivity index (χ2v) is 10.6. The van der Waals surface area contributed by atoms with Crippen molar-refractivity contribution < 1.29 is 43.5 Å². The number of alkyl halides is 1. The maximum Gasteiger partial charge on any atom is 0.312 e. The largest absolute Gasteiger partial charge is 0.459 e. The summed E-state index contributed by atoms with van der Waals surface area (Å²) in [6, 6.07) is 0. The summed E-state index contributed by atoms with van der Waals surface area (Å²) in [5.41, 5.74) is -2.81. The van der Waals surface area contributed by atoms with E-state index in [0.717, 1.165) is 0 Å². The standard InChI is InChI=1S/C24H31ClO9/c1-9-7-8-14(31-12(4)26)23(6)15(10(2)17(28)18-21(23)33-18)19(32-13(5)27)24(30)11(3)22(29)34-20(24)16(9)25/h7-8,10-11,14-21,28,30H,1H2,2-6H3/b8-7-/t10-,11+,14+,15-,16+,17-,18+,19+,20+,21+,23-,24-/m1/s1. The molecule has 0 aromatic rings. The van der Waals surface area contributed by atoms with Crippen LogP contribution in [0.15, 0.2) is 24.3 Å². The number of fused-ring (bicyclic) bond motifs is 4. The van der Waals surface area contributed by atoms with Crippen molar-refractivity contribution >= 4 is 29.5 Å². The van der Waals surface area contributed by atoms with Crippen molar-refractivity contribution in [1.29, 1.82) is 0 Å². The Morgan fingerprint density at radius 2 is 1.79 bits per heavy atom. The fraction of sp³-hybridized carbons (Fsp3) is 0.708. The maximum absolute atomic E-state index is 12.7. The van der Waals surface area contributed by atoms with E-state index >= 15 is 0 Å². The molecule has 4 aliphatic rings. The first kappa shape index (κ1) is 25.2. The third-order valence-electron chi connectivity index (χ3n) is 8.13. The van der Waals surface area contributed by atoms with Gasteiger partial charge in [0, 0.05) is 25.2 Å². The van der Waals surface area contributed by atoms with Crippen LogP contribution < -0.4 is 0 Å². The van der Waals surface area contributed by atoms with Gasteiger partial charge < -0.3 is 29.2 Å². The molecule has 2 aliphatic carbocycles. The fourth-order valence-electron chi connectivity index (χ4n) is 6.25. The zero-order valence-electron chi connectivity index (χ0n) is 19.8. The molecule has 188 valence electrons. The number of epoxide rings is 1. The van der Waals surface area contributed by atoms with Crippen LogP contribution in [0.3, 0.4) is 0 Å². The lowest BCUT2D eigenvalue weighted by Gasteiger charge is -2.54. The van der Waals surface area contributed by atoms with Crippen LogP contribution in [0.1, 0.15) is 34.6 Å². The maximum atomic E-state index is 12.7. The average Bonchev–Trinajstić information content (AvgIpc) is 3.53. The minimum atomic E-state index is -2.06. The normalized spacial score (nSPS) is 50.7. The molecule has 0 spiro atoms. The molecule has 0 amide bonds. The Kier molecular flexibility index (Phi) is 6.16. The van der Waals surface area contributed by atoms with Crippen LogP contribution in [0.2, 0.25) is 0 Å². The molecule has 2 heterocycles. The van der Waals surface area contributed by atoms with Crippen LogP contribution in [0.5, 0.6) is 0 Å². The van der Waals surface area contributed by atoms with Gasteiger partial charge in [-0.15, -0.1) is 11.6 Å². The van der Waals surface area contributed by atoms with Gasteiger partial charge in [0.25, 0.3) is 0 Å². The molecular weight excluding hydrogens is 468 g/mol. The van der Waals surface area contributed by atoms with E-state index in [2.05, 4.69) is 6.58 Å². The van der Waals surface area contributed by atoms with E-state index in [1.165, 1.54) is 20.8 Å². The van der Waals surface area contributed by atoms with Crippen molar-refractivity contribution in [2.24, 2.45) is 23.2 Å². The fourth-order valence-corrected chi connectivity index (χ4v) is 6.57. The highest BCUT2D eigenvalue weighted by atomic mass is 35.5. The lowest BCUT2D eigenvalue weighted by Crippen LogP contribution is -2.68. The zero-order valence-corrected chi connectivity index (χ0v) is 20.5. The van der Waals surface area contributed by atoms with Crippen LogP contribution in [0.25, 0.3) is 0 Å². The Morgan fingerprint density at radius 3 is 2.38 bits per heavy atom. The summed E-state index contributed by atoms with van der Waals surface area (Å²) in [5.74, 6) is -4.47. The smallest absolute Gasteiger partial charge is 0.312 e. The molecule has 12 atom stereocenters. The molecule has 1 saturated carbocycles. The van der Waals surface area contributed by atoms with Crippen molar-refractivity contribution in [2.75, 3.05) is 0 Å². The number of ether oxygens (including phenoxy) is 4. The van der Waals surface area contributed by atoms with Gasteiger partial charge in [-0.2, -0.15) is 0 Å². The molecule has 34 heavy (non-hydrogen) atoms.